The lowest BCUT2D eigenvalue weighted by atomic mass is 9.97. The molecule has 1 N–H and O–H groups in total. The van der Waals surface area contributed by atoms with Gasteiger partial charge in [-0.1, -0.05) is 60.2 Å². The predicted octanol–water partition coefficient (Wildman–Crippen LogP) is 2.85. The fourth-order valence-corrected chi connectivity index (χ4v) is 2.19. The van der Waals surface area contributed by atoms with Crippen molar-refractivity contribution in [3.05, 3.63) is 71.3 Å². The largest absolute Gasteiger partial charge is 0.375 e. The number of methoxy groups -OCH3 is 1. The Morgan fingerprint density at radius 2 is 1.80 bits per heavy atom. The van der Waals surface area contributed by atoms with Crippen molar-refractivity contribution in [3.8, 4) is 0 Å². The minimum Gasteiger partial charge on any atom is -0.375 e. The molecule has 0 spiro atoms. The van der Waals surface area contributed by atoms with Gasteiger partial charge in [-0.2, -0.15) is 0 Å². The van der Waals surface area contributed by atoms with E-state index in [1.165, 1.54) is 12.7 Å². The number of benzene rings is 2. The van der Waals surface area contributed by atoms with Crippen molar-refractivity contribution in [2.45, 2.75) is 13.0 Å². The Bertz CT molecular complexity index is 566. The number of amides is 1. The summed E-state index contributed by atoms with van der Waals surface area (Å²) in [6, 6.07) is 17.9. The van der Waals surface area contributed by atoms with Crippen LogP contribution in [0.1, 0.15) is 22.7 Å². The fourth-order valence-electron chi connectivity index (χ4n) is 2.19. The third kappa shape index (κ3) is 3.68. The van der Waals surface area contributed by atoms with E-state index in [0.717, 1.165) is 11.1 Å². The summed E-state index contributed by atoms with van der Waals surface area (Å²) in [4.78, 5) is 11.8. The van der Waals surface area contributed by atoms with E-state index >= 15 is 0 Å². The molecule has 3 heteroatoms. The number of rotatable bonds is 5. The van der Waals surface area contributed by atoms with E-state index in [1.54, 1.807) is 0 Å². The maximum Gasteiger partial charge on any atom is 0.246 e. The second-order valence-corrected chi connectivity index (χ2v) is 4.76. The molecule has 0 radical (unpaired) electrons. The van der Waals surface area contributed by atoms with Crippen LogP contribution in [-0.4, -0.2) is 19.6 Å². The van der Waals surface area contributed by atoms with Crippen LogP contribution < -0.4 is 5.32 Å². The zero-order chi connectivity index (χ0) is 14.4. The summed E-state index contributed by atoms with van der Waals surface area (Å²) in [6.45, 7) is 2.11. The van der Waals surface area contributed by atoms with Crippen LogP contribution in [0.5, 0.6) is 0 Å². The molecule has 0 aliphatic heterocycles. The maximum absolute atomic E-state index is 11.8. The highest BCUT2D eigenvalue weighted by Crippen LogP contribution is 2.22. The fraction of sp³-hybridized carbons (Fsp3) is 0.235. The summed E-state index contributed by atoms with van der Waals surface area (Å²) in [5.74, 6) is -0.122. The molecule has 20 heavy (non-hydrogen) atoms. The van der Waals surface area contributed by atoms with Crippen LogP contribution in [0.2, 0.25) is 0 Å². The maximum atomic E-state index is 11.8. The number of aryl methyl sites for hydroxylation is 1. The topological polar surface area (TPSA) is 38.3 Å². The molecule has 0 aliphatic carbocycles. The molecular formula is C17H19NO2. The van der Waals surface area contributed by atoms with E-state index in [1.807, 2.05) is 55.5 Å². The molecule has 0 unspecified atom stereocenters. The number of hydrogen-bond donors (Lipinski definition) is 1. The van der Waals surface area contributed by atoms with Gasteiger partial charge in [-0.25, -0.2) is 0 Å². The first-order valence-corrected chi connectivity index (χ1v) is 6.60. The molecule has 0 bridgehead atoms. The van der Waals surface area contributed by atoms with Crippen LogP contribution in [0, 0.1) is 6.92 Å². The van der Waals surface area contributed by atoms with Crippen LogP contribution in [0.3, 0.4) is 0 Å². The molecule has 3 nitrogen and oxygen atoms in total. The van der Waals surface area contributed by atoms with Gasteiger partial charge in [0.25, 0.3) is 0 Å². The van der Waals surface area contributed by atoms with Crippen LogP contribution in [0.15, 0.2) is 54.6 Å². The Morgan fingerprint density at radius 3 is 2.45 bits per heavy atom. The highest BCUT2D eigenvalue weighted by molar-refractivity contribution is 5.78. The SMILES string of the molecule is COCC(=O)N[C@@H](c1ccccc1)c1cccc(C)c1. The highest BCUT2D eigenvalue weighted by Gasteiger charge is 2.16. The summed E-state index contributed by atoms with van der Waals surface area (Å²) in [5, 5.41) is 3.01. The average Bonchev–Trinajstić information content (AvgIpc) is 2.46. The summed E-state index contributed by atoms with van der Waals surface area (Å²) in [6.07, 6.45) is 0. The number of carbonyl (C=O) groups is 1. The van der Waals surface area contributed by atoms with E-state index in [-0.39, 0.29) is 18.6 Å². The minimum atomic E-state index is -0.154. The zero-order valence-electron chi connectivity index (χ0n) is 11.8. The summed E-state index contributed by atoms with van der Waals surface area (Å²) >= 11 is 0. The molecule has 0 saturated carbocycles. The highest BCUT2D eigenvalue weighted by atomic mass is 16.5. The quantitative estimate of drug-likeness (QED) is 0.906. The number of ether oxygens (including phenoxy) is 1. The number of hydrogen-bond acceptors (Lipinski definition) is 2. The first-order valence-electron chi connectivity index (χ1n) is 6.60. The van der Waals surface area contributed by atoms with Crippen LogP contribution in [0.4, 0.5) is 0 Å². The Balaban J connectivity index is 2.31. The van der Waals surface area contributed by atoms with Crippen molar-refractivity contribution < 1.29 is 9.53 Å². The summed E-state index contributed by atoms with van der Waals surface area (Å²) < 4.78 is 4.89. The van der Waals surface area contributed by atoms with Crippen molar-refractivity contribution in [1.82, 2.24) is 5.32 Å². The van der Waals surface area contributed by atoms with Gasteiger partial charge in [-0.05, 0) is 18.1 Å². The van der Waals surface area contributed by atoms with E-state index in [4.69, 9.17) is 4.74 Å². The molecule has 1 amide bonds. The standard InChI is InChI=1S/C17H19NO2/c1-13-7-6-10-15(11-13)17(18-16(19)12-20-2)14-8-4-3-5-9-14/h3-11,17H,12H2,1-2H3,(H,18,19)/t17-/m0/s1. The Kier molecular flexibility index (Phi) is 4.91. The zero-order valence-corrected chi connectivity index (χ0v) is 11.8. The first kappa shape index (κ1) is 14.3. The first-order chi connectivity index (χ1) is 9.70. The van der Waals surface area contributed by atoms with E-state index in [9.17, 15) is 4.79 Å². The molecule has 2 rings (SSSR count). The van der Waals surface area contributed by atoms with Gasteiger partial charge < -0.3 is 10.1 Å². The smallest absolute Gasteiger partial charge is 0.246 e. The lowest BCUT2D eigenvalue weighted by molar-refractivity contribution is -0.125. The molecule has 0 aliphatic rings. The van der Waals surface area contributed by atoms with Crippen LogP contribution in [-0.2, 0) is 9.53 Å². The number of carbonyl (C=O) groups excluding carboxylic acids is 1. The van der Waals surface area contributed by atoms with Gasteiger partial charge in [0, 0.05) is 7.11 Å². The minimum absolute atomic E-state index is 0.0646. The third-order valence-electron chi connectivity index (χ3n) is 3.09. The number of nitrogens with one attached hydrogen (secondary N) is 1. The second-order valence-electron chi connectivity index (χ2n) is 4.76. The summed E-state index contributed by atoms with van der Waals surface area (Å²) in [5.41, 5.74) is 3.30. The van der Waals surface area contributed by atoms with Gasteiger partial charge in [-0.3, -0.25) is 4.79 Å². The van der Waals surface area contributed by atoms with Crippen molar-refractivity contribution in [2.75, 3.05) is 13.7 Å². The van der Waals surface area contributed by atoms with Crippen molar-refractivity contribution >= 4 is 5.91 Å². The molecule has 104 valence electrons. The molecule has 1 atom stereocenters. The Labute approximate surface area is 119 Å². The Morgan fingerprint density at radius 1 is 1.10 bits per heavy atom. The monoisotopic (exact) mass is 269 g/mol. The van der Waals surface area contributed by atoms with Crippen LogP contribution in [0.25, 0.3) is 0 Å². The van der Waals surface area contributed by atoms with Crippen molar-refractivity contribution in [3.63, 3.8) is 0 Å². The third-order valence-corrected chi connectivity index (χ3v) is 3.09. The van der Waals surface area contributed by atoms with Crippen molar-refractivity contribution in [1.29, 1.82) is 0 Å². The van der Waals surface area contributed by atoms with Gasteiger partial charge in [0.1, 0.15) is 6.61 Å². The average molecular weight is 269 g/mol. The van der Waals surface area contributed by atoms with Crippen LogP contribution >= 0.6 is 0 Å². The molecule has 2 aromatic rings. The predicted molar refractivity (Wildman–Crippen MR) is 79.5 cm³/mol. The van der Waals surface area contributed by atoms with E-state index < -0.39 is 0 Å². The lowest BCUT2D eigenvalue weighted by Gasteiger charge is -2.20. The summed E-state index contributed by atoms with van der Waals surface area (Å²) in [7, 11) is 1.52. The molecule has 0 aromatic heterocycles. The van der Waals surface area contributed by atoms with Gasteiger partial charge in [0.2, 0.25) is 5.91 Å². The molecule has 0 fully saturated rings. The molecule has 0 saturated heterocycles. The normalized spacial score (nSPS) is 11.9. The van der Waals surface area contributed by atoms with E-state index in [2.05, 4.69) is 11.4 Å². The lowest BCUT2D eigenvalue weighted by Crippen LogP contribution is -2.32. The van der Waals surface area contributed by atoms with Gasteiger partial charge in [0.15, 0.2) is 0 Å². The van der Waals surface area contributed by atoms with Gasteiger partial charge in [0.05, 0.1) is 6.04 Å². The molecule has 0 heterocycles. The second kappa shape index (κ2) is 6.87. The molecule has 2 aromatic carbocycles. The van der Waals surface area contributed by atoms with Gasteiger partial charge in [-0.15, -0.1) is 0 Å². The van der Waals surface area contributed by atoms with Gasteiger partial charge >= 0.3 is 0 Å². The van der Waals surface area contributed by atoms with E-state index in [0.29, 0.717) is 0 Å². The molecular weight excluding hydrogens is 250 g/mol. The Hall–Kier alpha value is -2.13. The van der Waals surface area contributed by atoms with Crippen molar-refractivity contribution in [2.24, 2.45) is 0 Å².